The van der Waals surface area contributed by atoms with E-state index < -0.39 is 0 Å². The molecule has 1 fully saturated rings. The Labute approximate surface area is 87.7 Å². The predicted molar refractivity (Wildman–Crippen MR) is 59.1 cm³/mol. The number of carbonyl (C=O) groups excluding carboxylic acids is 1. The van der Waals surface area contributed by atoms with Gasteiger partial charge in [-0.25, -0.2) is 0 Å². The van der Waals surface area contributed by atoms with E-state index in [1.54, 1.807) is 6.92 Å². The summed E-state index contributed by atoms with van der Waals surface area (Å²) >= 11 is 0. The maximum atomic E-state index is 11.1. The van der Waals surface area contributed by atoms with Crippen LogP contribution in [-0.2, 0) is 4.79 Å². The van der Waals surface area contributed by atoms with Crippen molar-refractivity contribution in [2.45, 2.75) is 47.0 Å². The molecule has 2 heteroatoms. The standard InChI is InChI=1S/C12H23NO/c1-5-7-12(4,6-2)11-8-13(9-11)10(3)14/h11H,5-9H2,1-4H3. The summed E-state index contributed by atoms with van der Waals surface area (Å²) in [4.78, 5) is 13.0. The summed E-state index contributed by atoms with van der Waals surface area (Å²) in [6.07, 6.45) is 3.78. The van der Waals surface area contributed by atoms with Crippen LogP contribution < -0.4 is 0 Å². The quantitative estimate of drug-likeness (QED) is 0.678. The van der Waals surface area contributed by atoms with Crippen molar-refractivity contribution in [2.75, 3.05) is 13.1 Å². The van der Waals surface area contributed by atoms with Crippen LogP contribution in [0.4, 0.5) is 0 Å². The molecule has 14 heavy (non-hydrogen) atoms. The van der Waals surface area contributed by atoms with Crippen LogP contribution in [0.5, 0.6) is 0 Å². The van der Waals surface area contributed by atoms with E-state index in [1.165, 1.54) is 19.3 Å². The normalized spacial score (nSPS) is 21.6. The van der Waals surface area contributed by atoms with Crippen molar-refractivity contribution in [1.29, 1.82) is 0 Å². The second-order valence-electron chi connectivity index (χ2n) is 4.88. The number of rotatable bonds is 4. The average Bonchev–Trinajstić information content (AvgIpc) is 2.01. The van der Waals surface area contributed by atoms with Crippen LogP contribution in [0.25, 0.3) is 0 Å². The number of likely N-dealkylation sites (tertiary alicyclic amines) is 1. The lowest BCUT2D eigenvalue weighted by atomic mass is 9.68. The maximum absolute atomic E-state index is 11.1. The van der Waals surface area contributed by atoms with Gasteiger partial charge in [0.15, 0.2) is 0 Å². The number of amides is 1. The molecule has 1 rings (SSSR count). The van der Waals surface area contributed by atoms with Crippen molar-refractivity contribution < 1.29 is 4.79 Å². The van der Waals surface area contributed by atoms with Gasteiger partial charge in [-0.05, 0) is 17.8 Å². The molecule has 0 saturated carbocycles. The Bertz CT molecular complexity index is 208. The lowest BCUT2D eigenvalue weighted by Crippen LogP contribution is -2.55. The van der Waals surface area contributed by atoms with Crippen molar-refractivity contribution in [1.82, 2.24) is 4.90 Å². The molecule has 0 aromatic carbocycles. The fourth-order valence-corrected chi connectivity index (χ4v) is 2.42. The first-order chi connectivity index (χ1) is 6.53. The SMILES string of the molecule is CCCC(C)(CC)C1CN(C(C)=O)C1. The fraction of sp³-hybridized carbons (Fsp3) is 0.917. The molecule has 0 radical (unpaired) electrons. The first kappa shape index (κ1) is 11.5. The molecular formula is C12H23NO. The molecule has 1 saturated heterocycles. The zero-order valence-electron chi connectivity index (χ0n) is 9.97. The summed E-state index contributed by atoms with van der Waals surface area (Å²) in [5.74, 6) is 0.965. The van der Waals surface area contributed by atoms with Crippen LogP contribution in [0, 0.1) is 11.3 Å². The number of hydrogen-bond donors (Lipinski definition) is 0. The highest BCUT2D eigenvalue weighted by Crippen LogP contribution is 2.41. The molecular weight excluding hydrogens is 174 g/mol. The smallest absolute Gasteiger partial charge is 0.219 e. The van der Waals surface area contributed by atoms with Gasteiger partial charge in [0.2, 0.25) is 5.91 Å². The average molecular weight is 197 g/mol. The van der Waals surface area contributed by atoms with Gasteiger partial charge in [-0.2, -0.15) is 0 Å². The molecule has 1 amide bonds. The van der Waals surface area contributed by atoms with Gasteiger partial charge in [0, 0.05) is 20.0 Å². The molecule has 0 aliphatic carbocycles. The highest BCUT2D eigenvalue weighted by molar-refractivity contribution is 5.74. The summed E-state index contributed by atoms with van der Waals surface area (Å²) in [7, 11) is 0. The summed E-state index contributed by atoms with van der Waals surface area (Å²) < 4.78 is 0. The third-order valence-electron chi connectivity index (χ3n) is 3.94. The Balaban J connectivity index is 2.46. The molecule has 0 bridgehead atoms. The number of hydrogen-bond acceptors (Lipinski definition) is 1. The van der Waals surface area contributed by atoms with Crippen LogP contribution in [0.3, 0.4) is 0 Å². The van der Waals surface area contributed by atoms with E-state index >= 15 is 0 Å². The van der Waals surface area contributed by atoms with Crippen molar-refractivity contribution in [3.8, 4) is 0 Å². The largest absolute Gasteiger partial charge is 0.342 e. The van der Waals surface area contributed by atoms with E-state index in [0.29, 0.717) is 5.41 Å². The van der Waals surface area contributed by atoms with E-state index in [1.807, 2.05) is 4.90 Å². The van der Waals surface area contributed by atoms with Gasteiger partial charge in [-0.3, -0.25) is 4.79 Å². The van der Waals surface area contributed by atoms with E-state index in [0.717, 1.165) is 19.0 Å². The third kappa shape index (κ3) is 2.10. The van der Waals surface area contributed by atoms with Gasteiger partial charge in [0.1, 0.15) is 0 Å². The van der Waals surface area contributed by atoms with E-state index in [9.17, 15) is 4.79 Å². The fourth-order valence-electron chi connectivity index (χ4n) is 2.42. The molecule has 1 unspecified atom stereocenters. The molecule has 0 aromatic heterocycles. The minimum absolute atomic E-state index is 0.233. The number of carbonyl (C=O) groups is 1. The highest BCUT2D eigenvalue weighted by Gasteiger charge is 2.40. The lowest BCUT2D eigenvalue weighted by Gasteiger charge is -2.49. The summed E-state index contributed by atoms with van der Waals surface area (Å²) in [6, 6.07) is 0. The van der Waals surface area contributed by atoms with Crippen molar-refractivity contribution in [3.05, 3.63) is 0 Å². The van der Waals surface area contributed by atoms with Gasteiger partial charge in [-0.1, -0.05) is 33.6 Å². The summed E-state index contributed by atoms with van der Waals surface area (Å²) in [5.41, 5.74) is 0.459. The lowest BCUT2D eigenvalue weighted by molar-refractivity contribution is -0.138. The van der Waals surface area contributed by atoms with Crippen molar-refractivity contribution in [3.63, 3.8) is 0 Å². The van der Waals surface area contributed by atoms with Gasteiger partial charge < -0.3 is 4.90 Å². The molecule has 1 aliphatic heterocycles. The minimum atomic E-state index is 0.233. The van der Waals surface area contributed by atoms with Crippen LogP contribution in [-0.4, -0.2) is 23.9 Å². The minimum Gasteiger partial charge on any atom is -0.342 e. The zero-order chi connectivity index (χ0) is 10.8. The molecule has 1 heterocycles. The summed E-state index contributed by atoms with van der Waals surface area (Å²) in [6.45, 7) is 10.5. The van der Waals surface area contributed by atoms with Crippen LogP contribution in [0.1, 0.15) is 47.0 Å². The third-order valence-corrected chi connectivity index (χ3v) is 3.94. The first-order valence-corrected chi connectivity index (χ1v) is 5.79. The van der Waals surface area contributed by atoms with E-state index in [-0.39, 0.29) is 5.91 Å². The van der Waals surface area contributed by atoms with Gasteiger partial charge in [-0.15, -0.1) is 0 Å². The van der Waals surface area contributed by atoms with Gasteiger partial charge >= 0.3 is 0 Å². The van der Waals surface area contributed by atoms with Gasteiger partial charge in [0.05, 0.1) is 0 Å². The molecule has 0 aromatic rings. The Kier molecular flexibility index (Phi) is 3.57. The molecule has 82 valence electrons. The zero-order valence-corrected chi connectivity index (χ0v) is 9.97. The Morgan fingerprint density at radius 3 is 2.36 bits per heavy atom. The molecule has 0 spiro atoms. The Hall–Kier alpha value is -0.530. The van der Waals surface area contributed by atoms with E-state index in [4.69, 9.17) is 0 Å². The van der Waals surface area contributed by atoms with E-state index in [2.05, 4.69) is 20.8 Å². The molecule has 1 aliphatic rings. The molecule has 2 nitrogen and oxygen atoms in total. The summed E-state index contributed by atoms with van der Waals surface area (Å²) in [5, 5.41) is 0. The van der Waals surface area contributed by atoms with Crippen LogP contribution >= 0.6 is 0 Å². The topological polar surface area (TPSA) is 20.3 Å². The second kappa shape index (κ2) is 4.33. The number of nitrogens with zero attached hydrogens (tertiary/aromatic N) is 1. The predicted octanol–water partition coefficient (Wildman–Crippen LogP) is 2.68. The molecule has 0 N–H and O–H groups in total. The Morgan fingerprint density at radius 2 is 2.00 bits per heavy atom. The monoisotopic (exact) mass is 197 g/mol. The van der Waals surface area contributed by atoms with Crippen LogP contribution in [0.2, 0.25) is 0 Å². The van der Waals surface area contributed by atoms with Gasteiger partial charge in [0.25, 0.3) is 0 Å². The van der Waals surface area contributed by atoms with Crippen molar-refractivity contribution in [2.24, 2.45) is 11.3 Å². The Morgan fingerprint density at radius 1 is 1.43 bits per heavy atom. The highest BCUT2D eigenvalue weighted by atomic mass is 16.2. The van der Waals surface area contributed by atoms with Crippen molar-refractivity contribution >= 4 is 5.91 Å². The second-order valence-corrected chi connectivity index (χ2v) is 4.88. The first-order valence-electron chi connectivity index (χ1n) is 5.79. The molecule has 1 atom stereocenters. The van der Waals surface area contributed by atoms with Crippen LogP contribution in [0.15, 0.2) is 0 Å². The maximum Gasteiger partial charge on any atom is 0.219 e.